The number of carbonyl (C=O) groups excluding carboxylic acids is 1. The fourth-order valence-corrected chi connectivity index (χ4v) is 6.77. The molecule has 12 nitrogen and oxygen atoms in total. The van der Waals surface area contributed by atoms with Gasteiger partial charge in [0.05, 0.1) is 52.1 Å². The number of aromatic nitrogens is 1. The Hall–Kier alpha value is -4.70. The second-order valence-corrected chi connectivity index (χ2v) is 12.2. The summed E-state index contributed by atoms with van der Waals surface area (Å²) in [6.07, 6.45) is 3.16. The first-order chi connectivity index (χ1) is 22.7. The lowest BCUT2D eigenvalue weighted by Crippen LogP contribution is -2.39. The molecule has 1 aliphatic rings. The number of non-ortho nitro benzene ring substituents is 1. The Balaban J connectivity index is 1.54. The highest BCUT2D eigenvalue weighted by molar-refractivity contribution is 14.1. The highest BCUT2D eigenvalue weighted by Gasteiger charge is 2.31. The lowest BCUT2D eigenvalue weighted by molar-refractivity contribution is -0.384. The van der Waals surface area contributed by atoms with Crippen molar-refractivity contribution in [1.82, 2.24) is 4.57 Å². The first-order valence-electron chi connectivity index (χ1n) is 14.4. The molecular formula is C33H30IN3O9S. The number of thiazole rings is 1. The van der Waals surface area contributed by atoms with E-state index in [1.807, 2.05) is 19.9 Å². The van der Waals surface area contributed by atoms with Crippen molar-refractivity contribution < 1.29 is 33.4 Å². The number of nitrogens with zero attached hydrogens (tertiary/aromatic N) is 3. The lowest BCUT2D eigenvalue weighted by Gasteiger charge is -2.23. The molecule has 0 saturated heterocycles. The zero-order valence-corrected chi connectivity index (χ0v) is 28.8. The molecule has 0 spiro atoms. The maximum atomic E-state index is 14.0. The molecular weight excluding hydrogens is 741 g/mol. The van der Waals surface area contributed by atoms with Gasteiger partial charge in [-0.3, -0.25) is 19.5 Å². The number of methoxy groups -OCH3 is 2. The molecule has 0 unspecified atom stereocenters. The number of carbonyl (C=O) groups is 1. The normalized spacial score (nSPS) is 14.0. The molecule has 1 atom stereocenters. The van der Waals surface area contributed by atoms with Crippen molar-refractivity contribution in [3.8, 4) is 23.0 Å². The van der Waals surface area contributed by atoms with Crippen LogP contribution < -0.4 is 33.8 Å². The average Bonchev–Trinajstić information content (AvgIpc) is 3.38. The number of nitro groups is 1. The van der Waals surface area contributed by atoms with Gasteiger partial charge in [0, 0.05) is 18.3 Å². The topological polar surface area (TPSA) is 141 Å². The van der Waals surface area contributed by atoms with Gasteiger partial charge in [-0.15, -0.1) is 0 Å². The number of ether oxygens (including phenoxy) is 5. The van der Waals surface area contributed by atoms with E-state index in [0.29, 0.717) is 65.8 Å². The van der Waals surface area contributed by atoms with Gasteiger partial charge in [-0.25, -0.2) is 9.79 Å². The number of hydrogen-bond acceptors (Lipinski definition) is 11. The number of benzene rings is 3. The van der Waals surface area contributed by atoms with Gasteiger partial charge in [-0.2, -0.15) is 0 Å². The van der Waals surface area contributed by atoms with E-state index in [1.165, 1.54) is 48.5 Å². The Morgan fingerprint density at radius 1 is 1.04 bits per heavy atom. The second-order valence-electron chi connectivity index (χ2n) is 10.00. The molecule has 47 heavy (non-hydrogen) atoms. The van der Waals surface area contributed by atoms with Gasteiger partial charge >= 0.3 is 5.97 Å². The third kappa shape index (κ3) is 7.17. The van der Waals surface area contributed by atoms with Gasteiger partial charge in [0.25, 0.3) is 11.2 Å². The summed E-state index contributed by atoms with van der Waals surface area (Å²) in [4.78, 5) is 42.5. The number of esters is 1. The summed E-state index contributed by atoms with van der Waals surface area (Å²) >= 11 is 3.30. The molecule has 0 N–H and O–H groups in total. The molecule has 244 valence electrons. The standard InChI is InChI=1S/C33H30IN3O9S/c1-5-44-25-11-10-21(16-26(25)45-6-2)29-23(32(39)43-4)17-35-33-36(29)31(38)28(47-33)15-20-13-24(34)30(27(14-20)42-3)46-18-19-8-7-9-22(12-19)37(40)41/h7-17,29H,5-6,18H2,1-4H3/b28-15-/t29-/m0/s1. The molecule has 0 amide bonds. The summed E-state index contributed by atoms with van der Waals surface area (Å²) in [5, 5.41) is 11.2. The van der Waals surface area contributed by atoms with E-state index in [0.717, 1.165) is 0 Å². The van der Waals surface area contributed by atoms with Crippen molar-refractivity contribution in [2.45, 2.75) is 26.5 Å². The molecule has 5 rings (SSSR count). The fourth-order valence-electron chi connectivity index (χ4n) is 5.02. The third-order valence-corrected chi connectivity index (χ3v) is 8.86. The van der Waals surface area contributed by atoms with Crippen molar-refractivity contribution in [3.63, 3.8) is 0 Å². The first kappa shape index (κ1) is 33.7. The van der Waals surface area contributed by atoms with Crippen LogP contribution in [-0.2, 0) is 16.1 Å². The number of fused-ring (bicyclic) bond motifs is 1. The lowest BCUT2D eigenvalue weighted by atomic mass is 9.97. The minimum Gasteiger partial charge on any atom is -0.493 e. The van der Waals surface area contributed by atoms with Gasteiger partial charge in [-0.1, -0.05) is 29.5 Å². The van der Waals surface area contributed by atoms with E-state index in [2.05, 4.69) is 27.6 Å². The Morgan fingerprint density at radius 3 is 2.51 bits per heavy atom. The molecule has 3 aromatic carbocycles. The molecule has 4 aromatic rings. The number of nitro benzene ring substituents is 1. The Morgan fingerprint density at radius 2 is 1.81 bits per heavy atom. The molecule has 0 fully saturated rings. The summed E-state index contributed by atoms with van der Waals surface area (Å²) in [7, 11) is 2.78. The van der Waals surface area contributed by atoms with Crippen LogP contribution in [0.4, 0.5) is 5.69 Å². The Labute approximate surface area is 286 Å². The van der Waals surface area contributed by atoms with Gasteiger partial charge in [-0.05, 0) is 83.5 Å². The van der Waals surface area contributed by atoms with E-state index in [9.17, 15) is 19.7 Å². The summed E-state index contributed by atoms with van der Waals surface area (Å²) in [6.45, 7) is 4.66. The molecule has 1 aromatic heterocycles. The van der Waals surface area contributed by atoms with Gasteiger partial charge in [0.2, 0.25) is 0 Å². The van der Waals surface area contributed by atoms with Crippen molar-refractivity contribution >= 4 is 51.7 Å². The molecule has 0 bridgehead atoms. The van der Waals surface area contributed by atoms with Crippen molar-refractivity contribution in [3.05, 3.63) is 116 Å². The average molecular weight is 772 g/mol. The smallest absolute Gasteiger partial charge is 0.337 e. The molecule has 0 radical (unpaired) electrons. The van der Waals surface area contributed by atoms with E-state index in [-0.39, 0.29) is 23.4 Å². The molecule has 14 heteroatoms. The number of halogens is 1. The zero-order chi connectivity index (χ0) is 33.7. The van der Waals surface area contributed by atoms with Crippen LogP contribution in [0.15, 0.2) is 76.2 Å². The Bertz CT molecular complexity index is 2050. The highest BCUT2D eigenvalue weighted by atomic mass is 127. The highest BCUT2D eigenvalue weighted by Crippen LogP contribution is 2.36. The monoisotopic (exact) mass is 771 g/mol. The minimum atomic E-state index is -0.824. The first-order valence-corrected chi connectivity index (χ1v) is 16.3. The van der Waals surface area contributed by atoms with E-state index < -0.39 is 16.9 Å². The van der Waals surface area contributed by atoms with Gasteiger partial charge < -0.3 is 23.7 Å². The zero-order valence-electron chi connectivity index (χ0n) is 25.9. The minimum absolute atomic E-state index is 0.0252. The largest absolute Gasteiger partial charge is 0.493 e. The predicted molar refractivity (Wildman–Crippen MR) is 183 cm³/mol. The molecule has 0 saturated carbocycles. The van der Waals surface area contributed by atoms with Crippen LogP contribution in [0.1, 0.15) is 36.6 Å². The van der Waals surface area contributed by atoms with Crippen LogP contribution in [0, 0.1) is 13.7 Å². The molecule has 0 aliphatic carbocycles. The summed E-state index contributed by atoms with van der Waals surface area (Å²) in [5.41, 5.74) is 1.74. The summed E-state index contributed by atoms with van der Waals surface area (Å²) in [5.74, 6) is 1.31. The van der Waals surface area contributed by atoms with Crippen LogP contribution in [0.25, 0.3) is 6.08 Å². The van der Waals surface area contributed by atoms with Crippen LogP contribution >= 0.6 is 33.9 Å². The molecule has 1 aliphatic heterocycles. The predicted octanol–water partition coefficient (Wildman–Crippen LogP) is 4.92. The summed E-state index contributed by atoms with van der Waals surface area (Å²) in [6, 6.07) is 14.3. The van der Waals surface area contributed by atoms with Crippen LogP contribution in [0.3, 0.4) is 0 Å². The van der Waals surface area contributed by atoms with E-state index >= 15 is 0 Å². The van der Waals surface area contributed by atoms with Crippen LogP contribution in [0.5, 0.6) is 23.0 Å². The maximum Gasteiger partial charge on any atom is 0.337 e. The van der Waals surface area contributed by atoms with Gasteiger partial charge in [0.15, 0.2) is 27.8 Å². The molecule has 2 heterocycles. The van der Waals surface area contributed by atoms with Crippen LogP contribution in [0.2, 0.25) is 0 Å². The quantitative estimate of drug-likeness (QED) is 0.0851. The Kier molecular flexibility index (Phi) is 10.6. The van der Waals surface area contributed by atoms with Crippen molar-refractivity contribution in [2.75, 3.05) is 27.4 Å². The number of rotatable bonds is 12. The van der Waals surface area contributed by atoms with Crippen LogP contribution in [-0.4, -0.2) is 42.9 Å². The maximum absolute atomic E-state index is 14.0. The summed E-state index contributed by atoms with van der Waals surface area (Å²) < 4.78 is 30.8. The third-order valence-electron chi connectivity index (χ3n) is 7.06. The fraction of sp³-hybridized carbons (Fsp3) is 0.242. The van der Waals surface area contributed by atoms with E-state index in [1.54, 1.807) is 42.5 Å². The van der Waals surface area contributed by atoms with E-state index in [4.69, 9.17) is 23.7 Å². The van der Waals surface area contributed by atoms with Crippen molar-refractivity contribution in [1.29, 1.82) is 0 Å². The number of hydrogen-bond donors (Lipinski definition) is 0. The van der Waals surface area contributed by atoms with Crippen molar-refractivity contribution in [2.24, 2.45) is 4.99 Å². The van der Waals surface area contributed by atoms with Gasteiger partial charge in [0.1, 0.15) is 6.61 Å². The second kappa shape index (κ2) is 14.8. The SMILES string of the molecule is CCOc1ccc([C@H]2C(C(=O)OC)=CN=c3s/c(=C\c4cc(I)c(OCc5cccc([N+](=O)[O-])c5)c(OC)c4)c(=O)n32)cc1OCC.